The molecule has 0 radical (unpaired) electrons. The third kappa shape index (κ3) is 5.11. The summed E-state index contributed by atoms with van der Waals surface area (Å²) in [5, 5.41) is 13.5. The monoisotopic (exact) mass is 304 g/mol. The Labute approximate surface area is 133 Å². The predicted molar refractivity (Wildman–Crippen MR) is 88.3 cm³/mol. The summed E-state index contributed by atoms with van der Waals surface area (Å²) in [7, 11) is 0. The first-order chi connectivity index (χ1) is 10.6. The van der Waals surface area contributed by atoms with Crippen LogP contribution in [0.5, 0.6) is 0 Å². The van der Waals surface area contributed by atoms with E-state index in [1.807, 2.05) is 5.01 Å². The number of nitrogens with zero attached hydrogens (tertiary/aromatic N) is 2. The highest BCUT2D eigenvalue weighted by atomic mass is 16.3. The number of hydrazine groups is 1. The van der Waals surface area contributed by atoms with Crippen LogP contribution >= 0.6 is 0 Å². The molecule has 122 valence electrons. The van der Waals surface area contributed by atoms with Crippen LogP contribution in [0.2, 0.25) is 0 Å². The zero-order chi connectivity index (χ0) is 15.9. The molecule has 0 aromatic heterocycles. The second-order valence-corrected chi connectivity index (χ2v) is 6.30. The Morgan fingerprint density at radius 3 is 2.64 bits per heavy atom. The molecule has 1 saturated heterocycles. The van der Waals surface area contributed by atoms with E-state index in [9.17, 15) is 9.90 Å². The van der Waals surface area contributed by atoms with Crippen molar-refractivity contribution in [1.82, 2.24) is 10.0 Å². The van der Waals surface area contributed by atoms with Crippen LogP contribution in [0.1, 0.15) is 43.7 Å². The summed E-state index contributed by atoms with van der Waals surface area (Å²) in [6, 6.07) is 8.60. The van der Waals surface area contributed by atoms with Gasteiger partial charge in [0.15, 0.2) is 0 Å². The van der Waals surface area contributed by atoms with Crippen LogP contribution in [0.15, 0.2) is 24.3 Å². The second kappa shape index (κ2) is 8.30. The van der Waals surface area contributed by atoms with Crippen LogP contribution in [-0.4, -0.2) is 46.8 Å². The van der Waals surface area contributed by atoms with Crippen molar-refractivity contribution in [3.05, 3.63) is 35.4 Å². The molecule has 4 nitrogen and oxygen atoms in total. The molecular formula is C18H28N2O2. The summed E-state index contributed by atoms with van der Waals surface area (Å²) >= 11 is 0. The number of aliphatic hydroxyl groups excluding tert-OH is 1. The van der Waals surface area contributed by atoms with E-state index in [0.717, 1.165) is 38.9 Å². The summed E-state index contributed by atoms with van der Waals surface area (Å²) in [4.78, 5) is 12.2. The number of carbonyl (C=O) groups excluding carboxylic acids is 1. The number of benzene rings is 1. The molecule has 1 unspecified atom stereocenters. The molecule has 1 N–H and O–H groups in total. The SMILES string of the molecule is Cc1ccc(CCCN2C(=O)CCCN2CCC(C)O)cc1. The first-order valence-corrected chi connectivity index (χ1v) is 8.35. The minimum Gasteiger partial charge on any atom is -0.393 e. The number of hydrogen-bond donors (Lipinski definition) is 1. The standard InChI is InChI=1S/C18H28N2O2/c1-15-7-9-17(10-8-15)5-3-13-20-18(22)6-4-12-19(20)14-11-16(2)21/h7-10,16,21H,3-6,11-14H2,1-2H3. The molecule has 0 bridgehead atoms. The molecule has 22 heavy (non-hydrogen) atoms. The molecule has 1 aromatic rings. The smallest absolute Gasteiger partial charge is 0.236 e. The highest BCUT2D eigenvalue weighted by Crippen LogP contribution is 2.15. The highest BCUT2D eigenvalue weighted by Gasteiger charge is 2.25. The zero-order valence-electron chi connectivity index (χ0n) is 13.8. The van der Waals surface area contributed by atoms with Gasteiger partial charge in [0.05, 0.1) is 6.10 Å². The van der Waals surface area contributed by atoms with E-state index in [1.54, 1.807) is 6.92 Å². The highest BCUT2D eigenvalue weighted by molar-refractivity contribution is 5.76. The quantitative estimate of drug-likeness (QED) is 0.842. The Kier molecular flexibility index (Phi) is 6.40. The molecule has 0 saturated carbocycles. The summed E-state index contributed by atoms with van der Waals surface area (Å²) in [6.45, 7) is 6.34. The minimum atomic E-state index is -0.313. The number of amides is 1. The first kappa shape index (κ1) is 17.0. The van der Waals surface area contributed by atoms with Gasteiger partial charge in [-0.2, -0.15) is 0 Å². The molecule has 1 aliphatic rings. The van der Waals surface area contributed by atoms with Gasteiger partial charge in [0.1, 0.15) is 0 Å². The number of hydrogen-bond acceptors (Lipinski definition) is 3. The van der Waals surface area contributed by atoms with Crippen LogP contribution in [0, 0.1) is 6.92 Å². The van der Waals surface area contributed by atoms with Crippen molar-refractivity contribution in [2.75, 3.05) is 19.6 Å². The fourth-order valence-electron chi connectivity index (χ4n) is 2.84. The lowest BCUT2D eigenvalue weighted by Crippen LogP contribution is -2.51. The van der Waals surface area contributed by atoms with Gasteiger partial charge >= 0.3 is 0 Å². The topological polar surface area (TPSA) is 43.8 Å². The van der Waals surface area contributed by atoms with Gasteiger partial charge in [-0.15, -0.1) is 0 Å². The Morgan fingerprint density at radius 2 is 1.95 bits per heavy atom. The van der Waals surface area contributed by atoms with Crippen LogP contribution in [0.25, 0.3) is 0 Å². The fraction of sp³-hybridized carbons (Fsp3) is 0.611. The van der Waals surface area contributed by atoms with Crippen molar-refractivity contribution < 1.29 is 9.90 Å². The largest absolute Gasteiger partial charge is 0.393 e. The molecule has 1 fully saturated rings. The van der Waals surface area contributed by atoms with E-state index < -0.39 is 0 Å². The van der Waals surface area contributed by atoms with Crippen molar-refractivity contribution in [1.29, 1.82) is 0 Å². The van der Waals surface area contributed by atoms with Gasteiger partial charge in [0.2, 0.25) is 5.91 Å². The van der Waals surface area contributed by atoms with Crippen molar-refractivity contribution >= 4 is 5.91 Å². The van der Waals surface area contributed by atoms with Gasteiger partial charge in [-0.1, -0.05) is 29.8 Å². The lowest BCUT2D eigenvalue weighted by molar-refractivity contribution is -0.156. The maximum atomic E-state index is 12.2. The molecule has 1 aromatic carbocycles. The van der Waals surface area contributed by atoms with Crippen molar-refractivity contribution in [3.63, 3.8) is 0 Å². The summed E-state index contributed by atoms with van der Waals surface area (Å²) in [5.41, 5.74) is 2.60. The number of aryl methyl sites for hydroxylation is 2. The van der Waals surface area contributed by atoms with Gasteiger partial charge in [-0.05, 0) is 45.1 Å². The molecular weight excluding hydrogens is 276 g/mol. The van der Waals surface area contributed by atoms with Gasteiger partial charge in [0.25, 0.3) is 0 Å². The van der Waals surface area contributed by atoms with Gasteiger partial charge in [-0.3, -0.25) is 9.80 Å². The zero-order valence-corrected chi connectivity index (χ0v) is 13.8. The van der Waals surface area contributed by atoms with E-state index >= 15 is 0 Å². The van der Waals surface area contributed by atoms with Crippen LogP contribution in [-0.2, 0) is 11.2 Å². The maximum absolute atomic E-state index is 12.2. The Bertz CT molecular complexity index is 470. The molecule has 1 atom stereocenters. The van der Waals surface area contributed by atoms with E-state index in [4.69, 9.17) is 0 Å². The first-order valence-electron chi connectivity index (χ1n) is 8.35. The second-order valence-electron chi connectivity index (χ2n) is 6.30. The van der Waals surface area contributed by atoms with Gasteiger partial charge in [-0.25, -0.2) is 5.01 Å². The molecule has 2 rings (SSSR count). The number of aliphatic hydroxyl groups is 1. The molecule has 1 aliphatic heterocycles. The predicted octanol–water partition coefficient (Wildman–Crippen LogP) is 2.54. The van der Waals surface area contributed by atoms with Crippen LogP contribution in [0.4, 0.5) is 0 Å². The Balaban J connectivity index is 1.84. The maximum Gasteiger partial charge on any atom is 0.236 e. The molecule has 0 aliphatic carbocycles. The lowest BCUT2D eigenvalue weighted by Gasteiger charge is -2.39. The van der Waals surface area contributed by atoms with E-state index in [-0.39, 0.29) is 12.0 Å². The van der Waals surface area contributed by atoms with Crippen LogP contribution < -0.4 is 0 Å². The lowest BCUT2D eigenvalue weighted by atomic mass is 10.1. The van der Waals surface area contributed by atoms with E-state index in [1.165, 1.54) is 11.1 Å². The Morgan fingerprint density at radius 1 is 1.23 bits per heavy atom. The average molecular weight is 304 g/mol. The molecule has 1 amide bonds. The van der Waals surface area contributed by atoms with E-state index in [0.29, 0.717) is 12.8 Å². The molecule has 1 heterocycles. The van der Waals surface area contributed by atoms with Crippen molar-refractivity contribution in [3.8, 4) is 0 Å². The minimum absolute atomic E-state index is 0.223. The normalized spacial score (nSPS) is 17.8. The third-order valence-electron chi connectivity index (χ3n) is 4.20. The fourth-order valence-corrected chi connectivity index (χ4v) is 2.84. The molecule has 0 spiro atoms. The van der Waals surface area contributed by atoms with Crippen molar-refractivity contribution in [2.24, 2.45) is 0 Å². The van der Waals surface area contributed by atoms with Gasteiger partial charge < -0.3 is 5.11 Å². The summed E-state index contributed by atoms with van der Waals surface area (Å²) < 4.78 is 0. The average Bonchev–Trinajstić information content (AvgIpc) is 2.49. The van der Waals surface area contributed by atoms with Gasteiger partial charge in [0, 0.05) is 26.1 Å². The Hall–Kier alpha value is -1.39. The van der Waals surface area contributed by atoms with Crippen molar-refractivity contribution in [2.45, 2.75) is 52.1 Å². The van der Waals surface area contributed by atoms with Crippen LogP contribution in [0.3, 0.4) is 0 Å². The van der Waals surface area contributed by atoms with E-state index in [2.05, 4.69) is 36.2 Å². The number of rotatable bonds is 7. The summed E-state index contributed by atoms with van der Waals surface area (Å²) in [6.07, 6.45) is 3.94. The third-order valence-corrected chi connectivity index (χ3v) is 4.20. The summed E-state index contributed by atoms with van der Waals surface area (Å²) in [5.74, 6) is 0.223. The molecule has 4 heteroatoms. The number of carbonyl (C=O) groups is 1.